The van der Waals surface area contributed by atoms with Gasteiger partial charge in [-0.2, -0.15) is 5.10 Å². The van der Waals surface area contributed by atoms with Gasteiger partial charge in [0.15, 0.2) is 0 Å². The van der Waals surface area contributed by atoms with Gasteiger partial charge in [0.2, 0.25) is 0 Å². The quantitative estimate of drug-likeness (QED) is 0.904. The second-order valence-corrected chi connectivity index (χ2v) is 5.28. The minimum absolute atomic E-state index is 0.517. The lowest BCUT2D eigenvalue weighted by atomic mass is 10.1. The van der Waals surface area contributed by atoms with Gasteiger partial charge >= 0.3 is 0 Å². The van der Waals surface area contributed by atoms with E-state index in [-0.39, 0.29) is 0 Å². The highest BCUT2D eigenvalue weighted by Crippen LogP contribution is 2.38. The van der Waals surface area contributed by atoms with E-state index in [2.05, 4.69) is 46.2 Å². The predicted octanol–water partition coefficient (Wildman–Crippen LogP) is 1.78. The number of hydrogen-bond donors (Lipinski definition) is 1. The maximum Gasteiger partial charge on any atom is 0.135 e. The van der Waals surface area contributed by atoms with Crippen molar-refractivity contribution >= 4 is 17.2 Å². The Balaban J connectivity index is 2.15. The molecule has 2 aromatic rings. The number of nitrogens with zero attached hydrogens (tertiary/aromatic N) is 4. The number of fused-ring (bicyclic) bond motifs is 1. The highest BCUT2D eigenvalue weighted by atomic mass is 15.4. The van der Waals surface area contributed by atoms with Crippen molar-refractivity contribution in [2.24, 2.45) is 12.8 Å². The third kappa shape index (κ3) is 1.86. The largest absolute Gasteiger partial charge is 0.371 e. The summed E-state index contributed by atoms with van der Waals surface area (Å²) >= 11 is 0. The lowest BCUT2D eigenvalue weighted by Crippen LogP contribution is -2.37. The molecule has 106 valence electrons. The molecule has 0 bridgehead atoms. The number of likely N-dealkylation sites (N-methyl/N-ethyl adjacent to an activating group) is 1. The molecule has 0 aliphatic carbocycles. The molecule has 5 heteroatoms. The van der Waals surface area contributed by atoms with E-state index in [0.29, 0.717) is 6.54 Å². The Kier molecular flexibility index (Phi) is 3.14. The minimum Gasteiger partial charge on any atom is -0.371 e. The van der Waals surface area contributed by atoms with Crippen molar-refractivity contribution in [2.75, 3.05) is 29.9 Å². The molecular formula is C15H21N5. The van der Waals surface area contributed by atoms with Crippen molar-refractivity contribution in [3.8, 4) is 0 Å². The lowest BCUT2D eigenvalue weighted by molar-refractivity contribution is 0.722. The highest BCUT2D eigenvalue weighted by molar-refractivity contribution is 5.79. The maximum atomic E-state index is 5.93. The van der Waals surface area contributed by atoms with E-state index in [1.165, 1.54) is 11.4 Å². The molecule has 5 nitrogen and oxygen atoms in total. The number of aromatic nitrogens is 2. The Morgan fingerprint density at radius 2 is 1.85 bits per heavy atom. The summed E-state index contributed by atoms with van der Waals surface area (Å²) in [6, 6.07) is 8.48. The van der Waals surface area contributed by atoms with Gasteiger partial charge in [0.1, 0.15) is 5.82 Å². The van der Waals surface area contributed by atoms with Gasteiger partial charge in [-0.3, -0.25) is 4.68 Å². The zero-order valence-electron chi connectivity index (χ0n) is 12.3. The first kappa shape index (κ1) is 13.0. The second-order valence-electron chi connectivity index (χ2n) is 5.28. The van der Waals surface area contributed by atoms with Crippen LogP contribution < -0.4 is 15.5 Å². The Labute approximate surface area is 119 Å². The molecule has 2 heterocycles. The van der Waals surface area contributed by atoms with E-state index in [1.807, 2.05) is 18.7 Å². The van der Waals surface area contributed by atoms with Crippen LogP contribution in [0, 0.1) is 6.92 Å². The Hall–Kier alpha value is -2.01. The Morgan fingerprint density at radius 3 is 2.55 bits per heavy atom. The molecule has 1 aromatic heterocycles. The fraction of sp³-hybridized carbons (Fsp3) is 0.400. The predicted molar refractivity (Wildman–Crippen MR) is 82.6 cm³/mol. The fourth-order valence-corrected chi connectivity index (χ4v) is 2.99. The molecular weight excluding hydrogens is 250 g/mol. The van der Waals surface area contributed by atoms with Crippen LogP contribution in [-0.2, 0) is 13.6 Å². The van der Waals surface area contributed by atoms with Crippen molar-refractivity contribution in [2.45, 2.75) is 13.5 Å². The van der Waals surface area contributed by atoms with E-state index in [9.17, 15) is 0 Å². The summed E-state index contributed by atoms with van der Waals surface area (Å²) in [5, 5.41) is 4.53. The highest BCUT2D eigenvalue weighted by Gasteiger charge is 2.26. The SMILES string of the molecule is Cc1nn(C)c(N2CCN(C)c3ccccc32)c1CN. The minimum atomic E-state index is 0.517. The van der Waals surface area contributed by atoms with Gasteiger partial charge < -0.3 is 15.5 Å². The first-order valence-electron chi connectivity index (χ1n) is 6.93. The normalized spacial score (nSPS) is 14.6. The smallest absolute Gasteiger partial charge is 0.135 e. The number of nitrogens with two attached hydrogens (primary N) is 1. The number of hydrogen-bond acceptors (Lipinski definition) is 4. The van der Waals surface area contributed by atoms with Crippen molar-refractivity contribution in [1.82, 2.24) is 9.78 Å². The van der Waals surface area contributed by atoms with Crippen LogP contribution >= 0.6 is 0 Å². The van der Waals surface area contributed by atoms with E-state index >= 15 is 0 Å². The van der Waals surface area contributed by atoms with Crippen LogP contribution in [0.5, 0.6) is 0 Å². The van der Waals surface area contributed by atoms with Crippen LogP contribution in [0.25, 0.3) is 0 Å². The summed E-state index contributed by atoms with van der Waals surface area (Å²) in [5.41, 5.74) is 10.5. The van der Waals surface area contributed by atoms with Crippen LogP contribution in [0.3, 0.4) is 0 Å². The molecule has 2 N–H and O–H groups in total. The Bertz CT molecular complexity index is 631. The molecule has 0 saturated heterocycles. The fourth-order valence-electron chi connectivity index (χ4n) is 2.99. The van der Waals surface area contributed by atoms with Gasteiger partial charge in [0.05, 0.1) is 17.1 Å². The summed E-state index contributed by atoms with van der Waals surface area (Å²) < 4.78 is 1.94. The molecule has 0 saturated carbocycles. The third-order valence-corrected chi connectivity index (χ3v) is 4.02. The van der Waals surface area contributed by atoms with Crippen LogP contribution in [0.15, 0.2) is 24.3 Å². The monoisotopic (exact) mass is 271 g/mol. The van der Waals surface area contributed by atoms with Gasteiger partial charge in [-0.25, -0.2) is 0 Å². The zero-order valence-corrected chi connectivity index (χ0v) is 12.3. The molecule has 1 aliphatic heterocycles. The van der Waals surface area contributed by atoms with Crippen LogP contribution in [0.4, 0.5) is 17.2 Å². The molecule has 3 rings (SSSR count). The van der Waals surface area contributed by atoms with Gasteiger partial charge in [0, 0.05) is 39.3 Å². The van der Waals surface area contributed by atoms with Crippen molar-refractivity contribution in [3.05, 3.63) is 35.5 Å². The molecule has 0 radical (unpaired) electrons. The number of anilines is 3. The molecule has 20 heavy (non-hydrogen) atoms. The number of aryl methyl sites for hydroxylation is 2. The molecule has 0 atom stereocenters. The third-order valence-electron chi connectivity index (χ3n) is 4.02. The van der Waals surface area contributed by atoms with E-state index in [1.54, 1.807) is 0 Å². The standard InChI is InChI=1S/C15H21N5/c1-11-12(10-16)15(19(3)17-11)20-9-8-18(2)13-6-4-5-7-14(13)20/h4-7H,8-10,16H2,1-3H3. The Morgan fingerprint density at radius 1 is 1.15 bits per heavy atom. The summed E-state index contributed by atoms with van der Waals surface area (Å²) in [6.07, 6.45) is 0. The first-order valence-corrected chi connectivity index (χ1v) is 6.93. The average Bonchev–Trinajstić information content (AvgIpc) is 2.73. The topological polar surface area (TPSA) is 50.3 Å². The number of rotatable bonds is 2. The summed E-state index contributed by atoms with van der Waals surface area (Å²) in [6.45, 7) is 4.47. The lowest BCUT2D eigenvalue weighted by Gasteiger charge is -2.37. The van der Waals surface area contributed by atoms with Gasteiger partial charge in [-0.15, -0.1) is 0 Å². The van der Waals surface area contributed by atoms with Crippen molar-refractivity contribution < 1.29 is 0 Å². The summed E-state index contributed by atoms with van der Waals surface area (Å²) in [7, 11) is 4.12. The summed E-state index contributed by atoms with van der Waals surface area (Å²) in [5.74, 6) is 1.12. The van der Waals surface area contributed by atoms with E-state index < -0.39 is 0 Å². The number of benzene rings is 1. The zero-order chi connectivity index (χ0) is 14.3. The van der Waals surface area contributed by atoms with Gasteiger partial charge in [-0.1, -0.05) is 12.1 Å². The molecule has 0 amide bonds. The van der Waals surface area contributed by atoms with Crippen molar-refractivity contribution in [3.63, 3.8) is 0 Å². The number of para-hydroxylation sites is 2. The van der Waals surface area contributed by atoms with E-state index in [4.69, 9.17) is 5.73 Å². The second kappa shape index (κ2) is 4.83. The molecule has 0 fully saturated rings. The van der Waals surface area contributed by atoms with Crippen LogP contribution in [0.1, 0.15) is 11.3 Å². The molecule has 1 aliphatic rings. The van der Waals surface area contributed by atoms with E-state index in [0.717, 1.165) is 30.2 Å². The van der Waals surface area contributed by atoms with Crippen LogP contribution in [0.2, 0.25) is 0 Å². The van der Waals surface area contributed by atoms with Gasteiger partial charge in [0.25, 0.3) is 0 Å². The van der Waals surface area contributed by atoms with Gasteiger partial charge in [-0.05, 0) is 19.1 Å². The summed E-state index contributed by atoms with van der Waals surface area (Å²) in [4.78, 5) is 4.62. The molecule has 0 unspecified atom stereocenters. The average molecular weight is 271 g/mol. The first-order chi connectivity index (χ1) is 9.63. The van der Waals surface area contributed by atoms with Crippen molar-refractivity contribution in [1.29, 1.82) is 0 Å². The molecule has 1 aromatic carbocycles. The maximum absolute atomic E-state index is 5.93. The van der Waals surface area contributed by atoms with Crippen LogP contribution in [-0.4, -0.2) is 29.9 Å². The molecule has 0 spiro atoms.